The molecule has 0 radical (unpaired) electrons. The van der Waals surface area contributed by atoms with Crippen LogP contribution in [0.5, 0.6) is 5.75 Å². The van der Waals surface area contributed by atoms with E-state index < -0.39 is 11.9 Å². The van der Waals surface area contributed by atoms with Crippen molar-refractivity contribution in [3.8, 4) is 5.75 Å². The number of halogens is 3. The van der Waals surface area contributed by atoms with E-state index in [1.165, 1.54) is 13.2 Å². The van der Waals surface area contributed by atoms with Gasteiger partial charge in [-0.3, -0.25) is 0 Å². The second kappa shape index (κ2) is 5.78. The Bertz CT molecular complexity index is 604. The highest BCUT2D eigenvalue weighted by Gasteiger charge is 2.18. The Morgan fingerprint density at radius 1 is 1.16 bits per heavy atom. The average Bonchev–Trinajstić information content (AvgIpc) is 2.41. The third-order valence-electron chi connectivity index (χ3n) is 2.86. The van der Waals surface area contributed by atoms with Gasteiger partial charge in [0, 0.05) is 11.6 Å². The zero-order valence-corrected chi connectivity index (χ0v) is 11.7. The lowest BCUT2D eigenvalue weighted by molar-refractivity contribution is 0.410. The van der Waals surface area contributed by atoms with Gasteiger partial charge >= 0.3 is 0 Å². The standard InChI is InChI=1S/C14H12Cl2FNO/c1-19-8-5-6-9(12(17)7-8)14(18)10-3-2-4-11(15)13(10)16/h2-7,14H,18H2,1H3. The quantitative estimate of drug-likeness (QED) is 0.922. The molecule has 2 aromatic rings. The van der Waals surface area contributed by atoms with Gasteiger partial charge in [0.15, 0.2) is 0 Å². The summed E-state index contributed by atoms with van der Waals surface area (Å²) in [5.74, 6) is -0.00599. The zero-order valence-electron chi connectivity index (χ0n) is 10.2. The number of benzene rings is 2. The Morgan fingerprint density at radius 3 is 2.53 bits per heavy atom. The summed E-state index contributed by atoms with van der Waals surface area (Å²) >= 11 is 12.0. The maximum Gasteiger partial charge on any atom is 0.132 e. The molecule has 0 aliphatic carbocycles. The van der Waals surface area contributed by atoms with Gasteiger partial charge in [-0.2, -0.15) is 0 Å². The molecule has 0 bridgehead atoms. The molecule has 100 valence electrons. The van der Waals surface area contributed by atoms with E-state index in [1.54, 1.807) is 30.3 Å². The first-order valence-corrected chi connectivity index (χ1v) is 6.33. The normalized spacial score (nSPS) is 12.3. The van der Waals surface area contributed by atoms with Gasteiger partial charge in [0.1, 0.15) is 11.6 Å². The maximum atomic E-state index is 14.0. The van der Waals surface area contributed by atoms with E-state index in [4.69, 9.17) is 33.7 Å². The van der Waals surface area contributed by atoms with E-state index in [9.17, 15) is 4.39 Å². The van der Waals surface area contributed by atoms with Crippen molar-refractivity contribution < 1.29 is 9.13 Å². The van der Waals surface area contributed by atoms with Crippen LogP contribution in [-0.4, -0.2) is 7.11 Å². The molecule has 0 spiro atoms. The van der Waals surface area contributed by atoms with Gasteiger partial charge < -0.3 is 10.5 Å². The fraction of sp³-hybridized carbons (Fsp3) is 0.143. The molecule has 2 rings (SSSR count). The summed E-state index contributed by atoms with van der Waals surface area (Å²) in [6.07, 6.45) is 0. The SMILES string of the molecule is COc1ccc(C(N)c2cccc(Cl)c2Cl)c(F)c1. The Morgan fingerprint density at radius 2 is 1.89 bits per heavy atom. The highest BCUT2D eigenvalue weighted by atomic mass is 35.5. The van der Waals surface area contributed by atoms with Gasteiger partial charge in [-0.15, -0.1) is 0 Å². The largest absolute Gasteiger partial charge is 0.497 e. The molecule has 0 saturated heterocycles. The average molecular weight is 300 g/mol. The van der Waals surface area contributed by atoms with E-state index in [-0.39, 0.29) is 0 Å². The lowest BCUT2D eigenvalue weighted by atomic mass is 9.99. The van der Waals surface area contributed by atoms with Crippen molar-refractivity contribution in [3.05, 3.63) is 63.4 Å². The van der Waals surface area contributed by atoms with Crippen LogP contribution in [0, 0.1) is 5.82 Å². The van der Waals surface area contributed by atoms with Gasteiger partial charge in [0.25, 0.3) is 0 Å². The van der Waals surface area contributed by atoms with Crippen LogP contribution in [0.3, 0.4) is 0 Å². The third kappa shape index (κ3) is 2.84. The second-order valence-corrected chi connectivity index (χ2v) is 4.79. The smallest absolute Gasteiger partial charge is 0.132 e. The number of methoxy groups -OCH3 is 1. The molecule has 0 amide bonds. The van der Waals surface area contributed by atoms with Crippen molar-refractivity contribution in [2.24, 2.45) is 5.73 Å². The lowest BCUT2D eigenvalue weighted by Gasteiger charge is -2.16. The number of nitrogens with two attached hydrogens (primary N) is 1. The molecule has 5 heteroatoms. The summed E-state index contributed by atoms with van der Waals surface area (Å²) in [5, 5.41) is 0.732. The van der Waals surface area contributed by atoms with E-state index in [1.807, 2.05) is 0 Å². The molecule has 2 N–H and O–H groups in total. The molecule has 0 aliphatic rings. The molecule has 2 nitrogen and oxygen atoms in total. The Hall–Kier alpha value is -1.29. The lowest BCUT2D eigenvalue weighted by Crippen LogP contribution is -2.14. The molecular formula is C14H12Cl2FNO. The first kappa shape index (κ1) is 14.1. The summed E-state index contributed by atoms with van der Waals surface area (Å²) in [7, 11) is 1.47. The van der Waals surface area contributed by atoms with Crippen LogP contribution in [0.2, 0.25) is 10.0 Å². The number of hydrogen-bond acceptors (Lipinski definition) is 2. The second-order valence-electron chi connectivity index (χ2n) is 4.01. The first-order valence-electron chi connectivity index (χ1n) is 5.57. The third-order valence-corrected chi connectivity index (χ3v) is 3.69. The Kier molecular flexibility index (Phi) is 4.30. The van der Waals surface area contributed by atoms with Crippen molar-refractivity contribution in [1.29, 1.82) is 0 Å². The number of ether oxygens (including phenoxy) is 1. The summed E-state index contributed by atoms with van der Waals surface area (Å²) in [4.78, 5) is 0. The molecule has 0 aromatic heterocycles. The van der Waals surface area contributed by atoms with Crippen LogP contribution in [0.1, 0.15) is 17.2 Å². The number of hydrogen-bond donors (Lipinski definition) is 1. The minimum Gasteiger partial charge on any atom is -0.497 e. The topological polar surface area (TPSA) is 35.2 Å². The first-order chi connectivity index (χ1) is 9.04. The molecule has 2 aromatic carbocycles. The monoisotopic (exact) mass is 299 g/mol. The number of rotatable bonds is 3. The van der Waals surface area contributed by atoms with Gasteiger partial charge in [-0.05, 0) is 17.7 Å². The highest BCUT2D eigenvalue weighted by Crippen LogP contribution is 2.33. The minimum atomic E-state index is -0.683. The fourth-order valence-electron chi connectivity index (χ4n) is 1.82. The molecule has 1 atom stereocenters. The van der Waals surface area contributed by atoms with E-state index in [2.05, 4.69) is 0 Å². The molecule has 1 unspecified atom stereocenters. The van der Waals surface area contributed by atoms with Crippen molar-refractivity contribution in [2.45, 2.75) is 6.04 Å². The molecule has 0 fully saturated rings. The summed E-state index contributed by atoms with van der Waals surface area (Å²) in [6, 6.07) is 8.94. The van der Waals surface area contributed by atoms with Crippen LogP contribution in [0.4, 0.5) is 4.39 Å². The van der Waals surface area contributed by atoms with E-state index in [0.717, 1.165) is 0 Å². The van der Waals surface area contributed by atoms with E-state index >= 15 is 0 Å². The zero-order chi connectivity index (χ0) is 14.0. The molecule has 0 saturated carbocycles. The van der Waals surface area contributed by atoms with Crippen molar-refractivity contribution in [1.82, 2.24) is 0 Å². The molecule has 19 heavy (non-hydrogen) atoms. The van der Waals surface area contributed by atoms with Crippen molar-refractivity contribution in [2.75, 3.05) is 7.11 Å². The summed E-state index contributed by atoms with van der Waals surface area (Å²) in [6.45, 7) is 0. The van der Waals surface area contributed by atoms with Crippen LogP contribution in [-0.2, 0) is 0 Å². The maximum absolute atomic E-state index is 14.0. The molecule has 0 heterocycles. The van der Waals surface area contributed by atoms with E-state index in [0.29, 0.717) is 26.9 Å². The predicted molar refractivity (Wildman–Crippen MR) is 75.4 cm³/mol. The summed E-state index contributed by atoms with van der Waals surface area (Å²) in [5.41, 5.74) is 6.97. The minimum absolute atomic E-state index is 0.338. The Labute approximate surface area is 120 Å². The van der Waals surface area contributed by atoms with Crippen LogP contribution >= 0.6 is 23.2 Å². The van der Waals surface area contributed by atoms with Crippen molar-refractivity contribution >= 4 is 23.2 Å². The fourth-order valence-corrected chi connectivity index (χ4v) is 2.24. The van der Waals surface area contributed by atoms with Gasteiger partial charge in [0.2, 0.25) is 0 Å². The predicted octanol–water partition coefficient (Wildman–Crippen LogP) is 4.19. The van der Waals surface area contributed by atoms with Crippen LogP contribution in [0.15, 0.2) is 36.4 Å². The van der Waals surface area contributed by atoms with Gasteiger partial charge in [0.05, 0.1) is 23.2 Å². The Balaban J connectivity index is 2.44. The van der Waals surface area contributed by atoms with Crippen LogP contribution in [0.25, 0.3) is 0 Å². The summed E-state index contributed by atoms with van der Waals surface area (Å²) < 4.78 is 18.9. The van der Waals surface area contributed by atoms with Crippen LogP contribution < -0.4 is 10.5 Å². The molecular weight excluding hydrogens is 288 g/mol. The van der Waals surface area contributed by atoms with Crippen molar-refractivity contribution in [3.63, 3.8) is 0 Å². The van der Waals surface area contributed by atoms with Gasteiger partial charge in [-0.25, -0.2) is 4.39 Å². The molecule has 0 aliphatic heterocycles. The highest BCUT2D eigenvalue weighted by molar-refractivity contribution is 6.42. The van der Waals surface area contributed by atoms with Gasteiger partial charge in [-0.1, -0.05) is 41.4 Å².